The summed E-state index contributed by atoms with van der Waals surface area (Å²) in [5.41, 5.74) is 0.467. The van der Waals surface area contributed by atoms with Crippen LogP contribution in [0.3, 0.4) is 0 Å². The number of benzene rings is 1. The maximum absolute atomic E-state index is 12.7. The van der Waals surface area contributed by atoms with Gasteiger partial charge in [-0.1, -0.05) is 0 Å². The Hall–Kier alpha value is -2.74. The molecule has 1 amide bonds. The molecule has 1 N–H and O–H groups in total. The SMILES string of the molecule is Cn1cnc(C(=O)N2C[C@H]3C[C@@H](Oc4ccc5c(c4)OCO5)[C@H](O)C[C@H]3C2)c1. The first-order valence-electron chi connectivity index (χ1n) is 9.58. The number of fused-ring (bicyclic) bond motifs is 2. The highest BCUT2D eigenvalue weighted by atomic mass is 16.7. The number of aromatic nitrogens is 2. The lowest BCUT2D eigenvalue weighted by Crippen LogP contribution is -2.42. The van der Waals surface area contributed by atoms with E-state index < -0.39 is 6.10 Å². The molecule has 1 aromatic carbocycles. The molecule has 8 heteroatoms. The minimum Gasteiger partial charge on any atom is -0.488 e. The largest absolute Gasteiger partial charge is 0.488 e. The summed E-state index contributed by atoms with van der Waals surface area (Å²) in [6.45, 7) is 1.55. The molecule has 1 aliphatic carbocycles. The third-order valence-electron chi connectivity index (χ3n) is 5.93. The molecule has 0 spiro atoms. The van der Waals surface area contributed by atoms with Crippen molar-refractivity contribution in [3.05, 3.63) is 36.4 Å². The first-order valence-corrected chi connectivity index (χ1v) is 9.58. The third-order valence-corrected chi connectivity index (χ3v) is 5.93. The van der Waals surface area contributed by atoms with Crippen LogP contribution in [0, 0.1) is 11.8 Å². The van der Waals surface area contributed by atoms with Gasteiger partial charge in [0.2, 0.25) is 6.79 Å². The number of rotatable bonds is 3. The molecule has 1 saturated heterocycles. The third kappa shape index (κ3) is 3.07. The molecule has 1 aromatic heterocycles. The van der Waals surface area contributed by atoms with Crippen molar-refractivity contribution in [3.63, 3.8) is 0 Å². The number of carbonyl (C=O) groups is 1. The van der Waals surface area contributed by atoms with Gasteiger partial charge in [-0.3, -0.25) is 4.79 Å². The van der Waals surface area contributed by atoms with Crippen LogP contribution in [-0.4, -0.2) is 57.6 Å². The van der Waals surface area contributed by atoms with Crippen molar-refractivity contribution in [2.24, 2.45) is 18.9 Å². The summed E-state index contributed by atoms with van der Waals surface area (Å²) in [6.07, 6.45) is 3.86. The Bertz CT molecular complexity index is 898. The van der Waals surface area contributed by atoms with E-state index in [2.05, 4.69) is 4.98 Å². The van der Waals surface area contributed by atoms with E-state index in [0.717, 1.165) is 0 Å². The van der Waals surface area contributed by atoms with Gasteiger partial charge in [-0.2, -0.15) is 0 Å². The second-order valence-electron chi connectivity index (χ2n) is 7.86. The van der Waals surface area contributed by atoms with Crippen LogP contribution in [0.1, 0.15) is 23.3 Å². The van der Waals surface area contributed by atoms with E-state index in [1.165, 1.54) is 0 Å². The summed E-state index contributed by atoms with van der Waals surface area (Å²) < 4.78 is 18.6. The quantitative estimate of drug-likeness (QED) is 0.861. The Morgan fingerprint density at radius 3 is 2.79 bits per heavy atom. The summed E-state index contributed by atoms with van der Waals surface area (Å²) >= 11 is 0. The minimum absolute atomic E-state index is 0.0438. The molecule has 0 unspecified atom stereocenters. The summed E-state index contributed by atoms with van der Waals surface area (Å²) in [5, 5.41) is 10.6. The van der Waals surface area contributed by atoms with Gasteiger partial charge in [-0.15, -0.1) is 0 Å². The Labute approximate surface area is 162 Å². The van der Waals surface area contributed by atoms with Crippen molar-refractivity contribution >= 4 is 5.91 Å². The molecule has 2 fully saturated rings. The predicted octanol–water partition coefficient (Wildman–Crippen LogP) is 1.44. The van der Waals surface area contributed by atoms with Gasteiger partial charge in [-0.05, 0) is 36.8 Å². The Balaban J connectivity index is 1.25. The molecular formula is C20H23N3O5. The van der Waals surface area contributed by atoms with Gasteiger partial charge in [0.15, 0.2) is 11.5 Å². The number of aliphatic hydroxyl groups is 1. The molecule has 3 aliphatic rings. The fraction of sp³-hybridized carbons (Fsp3) is 0.500. The van der Waals surface area contributed by atoms with E-state index >= 15 is 0 Å². The van der Waals surface area contributed by atoms with E-state index in [1.54, 1.807) is 23.2 Å². The number of likely N-dealkylation sites (tertiary alicyclic amines) is 1. The topological polar surface area (TPSA) is 86.1 Å². The van der Waals surface area contributed by atoms with E-state index in [9.17, 15) is 9.90 Å². The lowest BCUT2D eigenvalue weighted by molar-refractivity contribution is -0.0232. The van der Waals surface area contributed by atoms with Crippen molar-refractivity contribution in [1.82, 2.24) is 14.5 Å². The molecule has 28 heavy (non-hydrogen) atoms. The molecule has 4 atom stereocenters. The van der Waals surface area contributed by atoms with Gasteiger partial charge in [0.1, 0.15) is 17.5 Å². The van der Waals surface area contributed by atoms with E-state index in [1.807, 2.05) is 24.1 Å². The van der Waals surface area contributed by atoms with Crippen molar-refractivity contribution in [3.8, 4) is 17.2 Å². The Morgan fingerprint density at radius 1 is 1.21 bits per heavy atom. The van der Waals surface area contributed by atoms with E-state index in [-0.39, 0.29) is 18.8 Å². The molecular weight excluding hydrogens is 362 g/mol. The summed E-state index contributed by atoms with van der Waals surface area (Å²) in [4.78, 5) is 18.7. The maximum atomic E-state index is 12.7. The van der Waals surface area contributed by atoms with Gasteiger partial charge in [-0.25, -0.2) is 4.98 Å². The van der Waals surface area contributed by atoms with Crippen LogP contribution < -0.4 is 14.2 Å². The average Bonchev–Trinajstić information content (AvgIpc) is 3.40. The highest BCUT2D eigenvalue weighted by molar-refractivity contribution is 5.92. The van der Waals surface area contributed by atoms with Crippen LogP contribution in [-0.2, 0) is 7.05 Å². The number of aliphatic hydroxyl groups excluding tert-OH is 1. The summed E-state index contributed by atoms with van der Waals surface area (Å²) in [5.74, 6) is 2.59. The van der Waals surface area contributed by atoms with Gasteiger partial charge in [0, 0.05) is 32.4 Å². The molecule has 3 heterocycles. The molecule has 1 saturated carbocycles. The first kappa shape index (κ1) is 17.4. The van der Waals surface area contributed by atoms with Crippen molar-refractivity contribution in [2.45, 2.75) is 25.0 Å². The number of hydrogen-bond donors (Lipinski definition) is 1. The lowest BCUT2D eigenvalue weighted by atomic mass is 9.78. The zero-order chi connectivity index (χ0) is 19.3. The highest BCUT2D eigenvalue weighted by Crippen LogP contribution is 2.40. The Morgan fingerprint density at radius 2 is 2.00 bits per heavy atom. The van der Waals surface area contributed by atoms with Crippen LogP contribution in [0.4, 0.5) is 0 Å². The molecule has 0 radical (unpaired) electrons. The van der Waals surface area contributed by atoms with Crippen LogP contribution in [0.2, 0.25) is 0 Å². The second-order valence-corrected chi connectivity index (χ2v) is 7.86. The zero-order valence-corrected chi connectivity index (χ0v) is 15.7. The first-order chi connectivity index (χ1) is 13.6. The van der Waals surface area contributed by atoms with Crippen molar-refractivity contribution < 1.29 is 24.1 Å². The van der Waals surface area contributed by atoms with Crippen molar-refractivity contribution in [2.75, 3.05) is 19.9 Å². The van der Waals surface area contributed by atoms with Crippen LogP contribution in [0.5, 0.6) is 17.2 Å². The summed E-state index contributed by atoms with van der Waals surface area (Å²) in [6, 6.07) is 5.45. The van der Waals surface area contributed by atoms with E-state index in [0.29, 0.717) is 60.7 Å². The predicted molar refractivity (Wildman–Crippen MR) is 98.3 cm³/mol. The second kappa shape index (κ2) is 6.70. The van der Waals surface area contributed by atoms with Gasteiger partial charge < -0.3 is 28.8 Å². The fourth-order valence-electron chi connectivity index (χ4n) is 4.49. The number of carbonyl (C=O) groups excluding carboxylic acids is 1. The normalized spacial score (nSPS) is 28.3. The smallest absolute Gasteiger partial charge is 0.274 e. The van der Waals surface area contributed by atoms with Gasteiger partial charge in [0.25, 0.3) is 5.91 Å². The van der Waals surface area contributed by atoms with Gasteiger partial charge >= 0.3 is 0 Å². The van der Waals surface area contributed by atoms with Gasteiger partial charge in [0.05, 0.1) is 12.4 Å². The standard InChI is InChI=1S/C20H23N3O5/c1-22-9-15(21-10-22)20(25)23-7-12-4-16(24)18(5-13(12)8-23)28-14-2-3-17-19(6-14)27-11-26-17/h2-3,6,9-10,12-13,16,18,24H,4-5,7-8,11H2,1H3/t12-,13+,16+,18+/m0/s1. The monoisotopic (exact) mass is 385 g/mol. The number of hydrogen-bond acceptors (Lipinski definition) is 6. The fourth-order valence-corrected chi connectivity index (χ4v) is 4.49. The molecule has 2 aliphatic heterocycles. The maximum Gasteiger partial charge on any atom is 0.274 e. The molecule has 0 bridgehead atoms. The molecule has 5 rings (SSSR count). The average molecular weight is 385 g/mol. The number of aryl methyl sites for hydroxylation is 1. The molecule has 2 aromatic rings. The van der Waals surface area contributed by atoms with Crippen LogP contribution >= 0.6 is 0 Å². The van der Waals surface area contributed by atoms with Crippen molar-refractivity contribution in [1.29, 1.82) is 0 Å². The highest BCUT2D eigenvalue weighted by Gasteiger charge is 2.44. The van der Waals surface area contributed by atoms with E-state index in [4.69, 9.17) is 14.2 Å². The minimum atomic E-state index is -0.559. The Kier molecular flexibility index (Phi) is 4.16. The lowest BCUT2D eigenvalue weighted by Gasteiger charge is -2.35. The summed E-state index contributed by atoms with van der Waals surface area (Å²) in [7, 11) is 1.85. The van der Waals surface area contributed by atoms with Crippen LogP contribution in [0.25, 0.3) is 0 Å². The molecule has 148 valence electrons. The number of amides is 1. The van der Waals surface area contributed by atoms with Crippen LogP contribution in [0.15, 0.2) is 30.7 Å². The number of nitrogens with zero attached hydrogens (tertiary/aromatic N) is 3. The number of imidazole rings is 1. The molecule has 8 nitrogen and oxygen atoms in total. The number of ether oxygens (including phenoxy) is 3. The zero-order valence-electron chi connectivity index (χ0n) is 15.7.